The second kappa shape index (κ2) is 5.18. The van der Waals surface area contributed by atoms with Crippen LogP contribution in [-0.4, -0.2) is 36.8 Å². The average molecular weight is 289 g/mol. The number of carbonyl (C=O) groups is 1. The van der Waals surface area contributed by atoms with Crippen LogP contribution in [0.3, 0.4) is 0 Å². The molecule has 1 saturated carbocycles. The summed E-state index contributed by atoms with van der Waals surface area (Å²) in [4.78, 5) is 16.7. The Morgan fingerprint density at radius 2 is 2.20 bits per heavy atom. The molecule has 0 bridgehead atoms. The summed E-state index contributed by atoms with van der Waals surface area (Å²) in [6.07, 6.45) is -1.86. The fourth-order valence-electron chi connectivity index (χ4n) is 1.92. The van der Waals surface area contributed by atoms with Gasteiger partial charge in [0.05, 0.1) is 19.0 Å². The van der Waals surface area contributed by atoms with Crippen molar-refractivity contribution in [2.45, 2.75) is 25.1 Å². The van der Waals surface area contributed by atoms with Crippen LogP contribution in [0.15, 0.2) is 12.3 Å². The van der Waals surface area contributed by atoms with Crippen LogP contribution in [0.1, 0.15) is 23.2 Å². The first-order chi connectivity index (χ1) is 9.31. The number of aromatic nitrogens is 1. The predicted octanol–water partition coefficient (Wildman–Crippen LogP) is 1.98. The van der Waals surface area contributed by atoms with Crippen LogP contribution in [0.4, 0.5) is 24.7 Å². The van der Waals surface area contributed by atoms with E-state index in [4.69, 9.17) is 5.73 Å². The van der Waals surface area contributed by atoms with Gasteiger partial charge in [-0.25, -0.2) is 9.78 Å². The van der Waals surface area contributed by atoms with Gasteiger partial charge in [0.25, 0.3) is 0 Å². The van der Waals surface area contributed by atoms with Crippen LogP contribution < -0.4 is 10.6 Å². The molecule has 2 rings (SSSR count). The molecule has 0 unspecified atom stereocenters. The van der Waals surface area contributed by atoms with Crippen molar-refractivity contribution in [2.24, 2.45) is 0 Å². The Balaban J connectivity index is 2.40. The number of anilines is 2. The summed E-state index contributed by atoms with van der Waals surface area (Å²) in [5, 5.41) is 0. The number of alkyl halides is 3. The summed E-state index contributed by atoms with van der Waals surface area (Å²) in [5.41, 5.74) is 5.67. The van der Waals surface area contributed by atoms with E-state index in [0.29, 0.717) is 12.8 Å². The Morgan fingerprint density at radius 1 is 1.55 bits per heavy atom. The van der Waals surface area contributed by atoms with E-state index in [1.54, 1.807) is 0 Å². The number of halogens is 3. The number of nitrogens with zero attached hydrogens (tertiary/aromatic N) is 2. The lowest BCUT2D eigenvalue weighted by molar-refractivity contribution is -0.120. The van der Waals surface area contributed by atoms with Gasteiger partial charge in [-0.2, -0.15) is 13.2 Å². The van der Waals surface area contributed by atoms with Crippen LogP contribution in [0.5, 0.6) is 0 Å². The number of hydrogen-bond donors (Lipinski definition) is 1. The minimum Gasteiger partial charge on any atom is -0.465 e. The molecule has 0 aliphatic heterocycles. The van der Waals surface area contributed by atoms with Gasteiger partial charge in [-0.05, 0) is 18.9 Å². The highest BCUT2D eigenvalue weighted by molar-refractivity contribution is 5.95. The molecule has 20 heavy (non-hydrogen) atoms. The van der Waals surface area contributed by atoms with E-state index in [2.05, 4.69) is 9.72 Å². The third-order valence-electron chi connectivity index (χ3n) is 2.90. The summed E-state index contributed by atoms with van der Waals surface area (Å²) in [6.45, 7) is -1.15. The SMILES string of the molecule is COC(=O)c1cc(N)cnc1N(CC(F)(F)F)C1CC1. The molecule has 1 fully saturated rings. The standard InChI is InChI=1S/C12H14F3N3O2/c1-20-11(19)9-4-7(16)5-17-10(9)18(8-2-3-8)6-12(13,14)15/h4-5,8H,2-3,6,16H2,1H3. The Bertz CT molecular complexity index is 515. The van der Waals surface area contributed by atoms with Gasteiger partial charge in [-0.15, -0.1) is 0 Å². The summed E-state index contributed by atoms with van der Waals surface area (Å²) < 4.78 is 42.6. The van der Waals surface area contributed by atoms with Crippen LogP contribution >= 0.6 is 0 Å². The van der Waals surface area contributed by atoms with Crippen molar-refractivity contribution in [3.05, 3.63) is 17.8 Å². The lowest BCUT2D eigenvalue weighted by atomic mass is 10.2. The number of hydrogen-bond acceptors (Lipinski definition) is 5. The summed E-state index contributed by atoms with van der Waals surface area (Å²) in [6, 6.07) is 1.02. The van der Waals surface area contributed by atoms with E-state index in [0.717, 1.165) is 12.0 Å². The van der Waals surface area contributed by atoms with Crippen LogP contribution in [0, 0.1) is 0 Å². The normalized spacial score (nSPS) is 15.0. The van der Waals surface area contributed by atoms with Crippen molar-refractivity contribution in [1.29, 1.82) is 0 Å². The van der Waals surface area contributed by atoms with Crippen molar-refractivity contribution in [1.82, 2.24) is 4.98 Å². The van der Waals surface area contributed by atoms with Crippen molar-refractivity contribution in [3.8, 4) is 0 Å². The molecule has 0 aromatic carbocycles. The second-order valence-electron chi connectivity index (χ2n) is 4.61. The molecule has 1 aliphatic rings. The van der Waals surface area contributed by atoms with Crippen LogP contribution in [0.25, 0.3) is 0 Å². The largest absolute Gasteiger partial charge is 0.465 e. The number of pyridine rings is 1. The van der Waals surface area contributed by atoms with Gasteiger partial charge in [0.15, 0.2) is 0 Å². The smallest absolute Gasteiger partial charge is 0.405 e. The van der Waals surface area contributed by atoms with Gasteiger partial charge in [0.2, 0.25) is 0 Å². The van der Waals surface area contributed by atoms with E-state index in [9.17, 15) is 18.0 Å². The van der Waals surface area contributed by atoms with Crippen LogP contribution in [0.2, 0.25) is 0 Å². The van der Waals surface area contributed by atoms with Crippen LogP contribution in [-0.2, 0) is 4.74 Å². The minimum atomic E-state index is -4.38. The van der Waals surface area contributed by atoms with Crippen molar-refractivity contribution < 1.29 is 22.7 Å². The molecule has 0 atom stereocenters. The first-order valence-corrected chi connectivity index (χ1v) is 5.99. The Kier molecular flexibility index (Phi) is 3.74. The zero-order valence-electron chi connectivity index (χ0n) is 10.8. The van der Waals surface area contributed by atoms with E-state index in [-0.39, 0.29) is 23.1 Å². The highest BCUT2D eigenvalue weighted by Crippen LogP contribution is 2.35. The molecule has 0 amide bonds. The van der Waals surface area contributed by atoms with E-state index in [1.807, 2.05) is 0 Å². The second-order valence-corrected chi connectivity index (χ2v) is 4.61. The molecule has 1 aromatic heterocycles. The summed E-state index contributed by atoms with van der Waals surface area (Å²) in [5.74, 6) is -0.793. The number of carbonyl (C=O) groups excluding carboxylic acids is 1. The maximum atomic E-state index is 12.7. The molecule has 8 heteroatoms. The van der Waals surface area contributed by atoms with Gasteiger partial charge in [-0.1, -0.05) is 0 Å². The molecule has 0 radical (unpaired) electrons. The molecule has 1 aromatic rings. The zero-order valence-corrected chi connectivity index (χ0v) is 10.8. The number of nitrogens with two attached hydrogens (primary N) is 1. The molecule has 1 aliphatic carbocycles. The van der Waals surface area contributed by atoms with Gasteiger partial charge < -0.3 is 15.4 Å². The zero-order chi connectivity index (χ0) is 14.9. The fraction of sp³-hybridized carbons (Fsp3) is 0.500. The highest BCUT2D eigenvalue weighted by atomic mass is 19.4. The Labute approximate surface area is 113 Å². The lowest BCUT2D eigenvalue weighted by Crippen LogP contribution is -2.37. The number of esters is 1. The third-order valence-corrected chi connectivity index (χ3v) is 2.90. The van der Waals surface area contributed by atoms with E-state index in [1.165, 1.54) is 12.3 Å². The molecule has 2 N–H and O–H groups in total. The molecule has 0 spiro atoms. The quantitative estimate of drug-likeness (QED) is 0.858. The Morgan fingerprint density at radius 3 is 2.70 bits per heavy atom. The minimum absolute atomic E-state index is 0.0362. The van der Waals surface area contributed by atoms with Gasteiger partial charge >= 0.3 is 12.1 Å². The molecule has 0 saturated heterocycles. The molecule has 1 heterocycles. The number of methoxy groups -OCH3 is 1. The molecule has 5 nitrogen and oxygen atoms in total. The molecule has 110 valence electrons. The van der Waals surface area contributed by atoms with Crippen molar-refractivity contribution in [3.63, 3.8) is 0 Å². The first kappa shape index (κ1) is 14.4. The van der Waals surface area contributed by atoms with Gasteiger partial charge in [0, 0.05) is 6.04 Å². The summed E-state index contributed by atoms with van der Waals surface area (Å²) in [7, 11) is 1.15. The van der Waals surface area contributed by atoms with E-state index < -0.39 is 18.7 Å². The van der Waals surface area contributed by atoms with Crippen molar-refractivity contribution in [2.75, 3.05) is 24.3 Å². The van der Waals surface area contributed by atoms with E-state index >= 15 is 0 Å². The summed E-state index contributed by atoms with van der Waals surface area (Å²) >= 11 is 0. The maximum Gasteiger partial charge on any atom is 0.405 e. The third kappa shape index (κ3) is 3.31. The van der Waals surface area contributed by atoms with Gasteiger partial charge in [-0.3, -0.25) is 0 Å². The number of ether oxygens (including phenoxy) is 1. The maximum absolute atomic E-state index is 12.7. The number of nitrogen functional groups attached to an aromatic ring is 1. The predicted molar refractivity (Wildman–Crippen MR) is 66.4 cm³/mol. The average Bonchev–Trinajstić information content (AvgIpc) is 3.18. The molecular formula is C12H14F3N3O2. The topological polar surface area (TPSA) is 68.5 Å². The van der Waals surface area contributed by atoms with Crippen molar-refractivity contribution >= 4 is 17.5 Å². The van der Waals surface area contributed by atoms with Gasteiger partial charge in [0.1, 0.15) is 17.9 Å². The number of rotatable bonds is 4. The fourth-order valence-corrected chi connectivity index (χ4v) is 1.92. The monoisotopic (exact) mass is 289 g/mol. The highest BCUT2D eigenvalue weighted by Gasteiger charge is 2.40. The Hall–Kier alpha value is -1.99. The lowest BCUT2D eigenvalue weighted by Gasteiger charge is -2.26. The molecular weight excluding hydrogens is 275 g/mol. The first-order valence-electron chi connectivity index (χ1n) is 5.99.